The second kappa shape index (κ2) is 3.82. The molecule has 0 heterocycles. The van der Waals surface area contributed by atoms with Crippen molar-refractivity contribution in [2.75, 3.05) is 0 Å². The lowest BCUT2D eigenvalue weighted by Crippen LogP contribution is -2.58. The first-order chi connectivity index (χ1) is 6.12. The van der Waals surface area contributed by atoms with Crippen molar-refractivity contribution in [3.63, 3.8) is 0 Å². The maximum atomic E-state index is 12.2. The number of carbonyl (C=O) groups excluding carboxylic acids is 2. The van der Waals surface area contributed by atoms with Crippen LogP contribution in [0.1, 0.15) is 13.8 Å². The van der Waals surface area contributed by atoms with Crippen LogP contribution in [0.2, 0.25) is 0 Å². The molecule has 4 N–H and O–H groups in total. The number of hydrazine groups is 1. The number of halogens is 3. The van der Waals surface area contributed by atoms with E-state index in [9.17, 15) is 22.8 Å². The van der Waals surface area contributed by atoms with Gasteiger partial charge < -0.3 is 5.32 Å². The second-order valence-corrected chi connectivity index (χ2v) is 3.05. The zero-order valence-corrected chi connectivity index (χ0v) is 7.53. The molecule has 82 valence electrons. The number of hydrogen-bond donors (Lipinski definition) is 3. The number of rotatable bonds is 1. The number of nitrogens with two attached hydrogens (primary N) is 1. The molecule has 0 aliphatic rings. The number of nitrogens with one attached hydrogen (secondary N) is 2. The lowest BCUT2D eigenvalue weighted by molar-refractivity contribution is -0.188. The fourth-order valence-electron chi connectivity index (χ4n) is 0.477. The van der Waals surface area contributed by atoms with E-state index in [-0.39, 0.29) is 0 Å². The molecule has 0 radical (unpaired) electrons. The molecule has 2 amide bonds. The summed E-state index contributed by atoms with van der Waals surface area (Å²) >= 11 is 0. The van der Waals surface area contributed by atoms with E-state index in [4.69, 9.17) is 0 Å². The Hall–Kier alpha value is -1.31. The van der Waals surface area contributed by atoms with Crippen LogP contribution in [-0.4, -0.2) is 23.5 Å². The zero-order valence-electron chi connectivity index (χ0n) is 7.53. The lowest BCUT2D eigenvalue weighted by atomic mass is 10.1. The van der Waals surface area contributed by atoms with Crippen molar-refractivity contribution in [2.24, 2.45) is 5.84 Å². The molecule has 0 aromatic carbocycles. The zero-order chi connectivity index (χ0) is 11.6. The smallest absolute Gasteiger partial charge is 0.334 e. The van der Waals surface area contributed by atoms with E-state index in [1.807, 2.05) is 0 Å². The van der Waals surface area contributed by atoms with Crippen LogP contribution < -0.4 is 16.6 Å². The summed E-state index contributed by atoms with van der Waals surface area (Å²) in [5.41, 5.74) is -1.06. The van der Waals surface area contributed by atoms with Crippen molar-refractivity contribution in [2.45, 2.75) is 25.6 Å². The molecule has 0 fully saturated rings. The Morgan fingerprint density at radius 2 is 1.57 bits per heavy atom. The van der Waals surface area contributed by atoms with Gasteiger partial charge in [-0.25, -0.2) is 5.84 Å². The van der Waals surface area contributed by atoms with Crippen molar-refractivity contribution in [3.05, 3.63) is 0 Å². The molecular weight excluding hydrogens is 203 g/mol. The molecule has 0 bridgehead atoms. The molecule has 0 aliphatic heterocycles. The third kappa shape index (κ3) is 2.87. The van der Waals surface area contributed by atoms with Crippen LogP contribution in [-0.2, 0) is 9.59 Å². The summed E-state index contributed by atoms with van der Waals surface area (Å²) in [5.74, 6) is 1.79. The normalized spacial score (nSPS) is 12.1. The highest BCUT2D eigenvalue weighted by Crippen LogP contribution is 2.29. The average Bonchev–Trinajstić information content (AvgIpc) is 2.00. The molecule has 0 saturated heterocycles. The van der Waals surface area contributed by atoms with E-state index < -0.39 is 23.5 Å². The van der Waals surface area contributed by atoms with E-state index in [1.54, 1.807) is 0 Å². The number of alkyl halides is 3. The summed E-state index contributed by atoms with van der Waals surface area (Å²) in [6.45, 7) is 1.46. The summed E-state index contributed by atoms with van der Waals surface area (Å²) in [6.07, 6.45) is -4.64. The standard InChI is InChI=1S/C6H10F3N3O2/c1-5(2,6(7,8)9)11-3(13)4(14)12-10/h10H2,1-2H3,(H,11,13)(H,12,14). The van der Waals surface area contributed by atoms with Crippen LogP contribution in [0.4, 0.5) is 13.2 Å². The molecule has 8 heteroatoms. The fraction of sp³-hybridized carbons (Fsp3) is 0.667. The van der Waals surface area contributed by atoms with Gasteiger partial charge in [0.15, 0.2) is 0 Å². The highest BCUT2D eigenvalue weighted by atomic mass is 19.4. The Bertz CT molecular complexity index is 249. The molecular formula is C6H10F3N3O2. The topological polar surface area (TPSA) is 84.2 Å². The van der Waals surface area contributed by atoms with E-state index in [0.29, 0.717) is 0 Å². The van der Waals surface area contributed by atoms with Crippen molar-refractivity contribution in [1.82, 2.24) is 10.7 Å². The highest BCUT2D eigenvalue weighted by molar-refractivity contribution is 6.35. The van der Waals surface area contributed by atoms with E-state index in [2.05, 4.69) is 5.84 Å². The van der Waals surface area contributed by atoms with Crippen molar-refractivity contribution < 1.29 is 22.8 Å². The second-order valence-electron chi connectivity index (χ2n) is 3.05. The Morgan fingerprint density at radius 1 is 1.14 bits per heavy atom. The summed E-state index contributed by atoms with van der Waals surface area (Å²) in [5, 5.41) is 1.49. The van der Waals surface area contributed by atoms with Crippen LogP contribution >= 0.6 is 0 Å². The van der Waals surface area contributed by atoms with Gasteiger partial charge in [0, 0.05) is 0 Å². The minimum absolute atomic E-state index is 0.731. The van der Waals surface area contributed by atoms with Gasteiger partial charge in [-0.1, -0.05) is 0 Å². The van der Waals surface area contributed by atoms with Crippen molar-refractivity contribution in [3.8, 4) is 0 Å². The maximum absolute atomic E-state index is 12.2. The molecule has 0 rings (SSSR count). The van der Waals surface area contributed by atoms with Crippen LogP contribution in [0.15, 0.2) is 0 Å². The first-order valence-electron chi connectivity index (χ1n) is 3.51. The van der Waals surface area contributed by atoms with Gasteiger partial charge in [-0.2, -0.15) is 13.2 Å². The quantitative estimate of drug-likeness (QED) is 0.236. The predicted molar refractivity (Wildman–Crippen MR) is 40.6 cm³/mol. The van der Waals surface area contributed by atoms with Crippen LogP contribution in [0.3, 0.4) is 0 Å². The Balaban J connectivity index is 4.53. The van der Waals surface area contributed by atoms with Gasteiger partial charge in [0.1, 0.15) is 5.54 Å². The fourth-order valence-corrected chi connectivity index (χ4v) is 0.477. The summed E-state index contributed by atoms with van der Waals surface area (Å²) in [7, 11) is 0. The van der Waals surface area contributed by atoms with Gasteiger partial charge in [0.2, 0.25) is 0 Å². The first-order valence-corrected chi connectivity index (χ1v) is 3.51. The Kier molecular flexibility index (Phi) is 3.47. The molecule has 0 saturated carbocycles. The minimum atomic E-state index is -4.64. The molecule has 0 unspecified atom stereocenters. The first kappa shape index (κ1) is 12.7. The van der Waals surface area contributed by atoms with Crippen LogP contribution in [0.5, 0.6) is 0 Å². The number of amides is 2. The molecule has 14 heavy (non-hydrogen) atoms. The number of hydrogen-bond acceptors (Lipinski definition) is 3. The Morgan fingerprint density at radius 3 is 1.86 bits per heavy atom. The monoisotopic (exact) mass is 213 g/mol. The third-order valence-electron chi connectivity index (χ3n) is 1.47. The largest absolute Gasteiger partial charge is 0.410 e. The van der Waals surface area contributed by atoms with Crippen LogP contribution in [0.25, 0.3) is 0 Å². The van der Waals surface area contributed by atoms with Gasteiger partial charge in [-0.05, 0) is 13.8 Å². The molecule has 5 nitrogen and oxygen atoms in total. The van der Waals surface area contributed by atoms with Gasteiger partial charge in [0.25, 0.3) is 0 Å². The third-order valence-corrected chi connectivity index (χ3v) is 1.47. The lowest BCUT2D eigenvalue weighted by Gasteiger charge is -2.28. The molecule has 0 spiro atoms. The van der Waals surface area contributed by atoms with Crippen LogP contribution in [0, 0.1) is 0 Å². The minimum Gasteiger partial charge on any atom is -0.334 e. The van der Waals surface area contributed by atoms with E-state index in [0.717, 1.165) is 13.8 Å². The van der Waals surface area contributed by atoms with E-state index >= 15 is 0 Å². The molecule has 0 aromatic rings. The molecule has 0 aromatic heterocycles. The van der Waals surface area contributed by atoms with Gasteiger partial charge in [-0.15, -0.1) is 0 Å². The van der Waals surface area contributed by atoms with Crippen molar-refractivity contribution >= 4 is 11.8 Å². The van der Waals surface area contributed by atoms with Gasteiger partial charge in [0.05, 0.1) is 0 Å². The molecule has 0 atom stereocenters. The maximum Gasteiger partial charge on any atom is 0.410 e. The summed E-state index contributed by atoms with van der Waals surface area (Å²) in [6, 6.07) is 0. The number of carbonyl (C=O) groups is 2. The highest BCUT2D eigenvalue weighted by Gasteiger charge is 2.48. The SMILES string of the molecule is CC(C)(NC(=O)C(=O)NN)C(F)(F)F. The summed E-state index contributed by atoms with van der Waals surface area (Å²) < 4.78 is 36.6. The van der Waals surface area contributed by atoms with Crippen molar-refractivity contribution in [1.29, 1.82) is 0 Å². The van der Waals surface area contributed by atoms with E-state index in [1.165, 1.54) is 10.7 Å². The Labute approximate surface area is 77.8 Å². The van der Waals surface area contributed by atoms with Gasteiger partial charge in [-0.3, -0.25) is 15.0 Å². The molecule has 0 aliphatic carbocycles. The summed E-state index contributed by atoms with van der Waals surface area (Å²) in [4.78, 5) is 21.2. The predicted octanol–water partition coefficient (Wildman–Crippen LogP) is -0.567. The average molecular weight is 213 g/mol. The van der Waals surface area contributed by atoms with Gasteiger partial charge >= 0.3 is 18.0 Å².